The summed E-state index contributed by atoms with van der Waals surface area (Å²) in [6.07, 6.45) is 1.02. The highest BCUT2D eigenvalue weighted by Gasteiger charge is 2.53. The molecule has 2 aromatic carbocycles. The van der Waals surface area contributed by atoms with Gasteiger partial charge < -0.3 is 14.6 Å². The first-order valence-electron chi connectivity index (χ1n) is 8.82. The van der Waals surface area contributed by atoms with Crippen molar-refractivity contribution in [3.8, 4) is 11.5 Å². The van der Waals surface area contributed by atoms with Gasteiger partial charge in [0.05, 0.1) is 20.8 Å². The molecule has 1 atom stereocenters. The van der Waals surface area contributed by atoms with Gasteiger partial charge >= 0.3 is 5.17 Å². The molecule has 0 aliphatic carbocycles. The summed E-state index contributed by atoms with van der Waals surface area (Å²) >= 11 is 7.81. The number of halogens is 1. The lowest BCUT2D eigenvalue weighted by Gasteiger charge is -2.24. The molecule has 0 fully saturated rings. The second kappa shape index (κ2) is 7.26. The lowest BCUT2D eigenvalue weighted by Crippen LogP contribution is -2.41. The second-order valence-corrected chi connectivity index (χ2v) is 8.08. The second-order valence-electron chi connectivity index (χ2n) is 6.58. The van der Waals surface area contributed by atoms with Crippen LogP contribution in [0.25, 0.3) is 0 Å². The first-order chi connectivity index (χ1) is 13.1. The van der Waals surface area contributed by atoms with Crippen LogP contribution in [0.2, 0.25) is 5.02 Å². The number of benzene rings is 2. The fourth-order valence-electron chi connectivity index (χ4n) is 3.66. The highest BCUT2D eigenvalue weighted by atomic mass is 35.5. The van der Waals surface area contributed by atoms with Crippen LogP contribution < -0.4 is 14.4 Å². The average molecular weight is 406 g/mol. The number of ether oxygens (including phenoxy) is 2. The minimum absolute atomic E-state index is 0.403. The molecule has 0 saturated heterocycles. The third-order valence-electron chi connectivity index (χ3n) is 5.03. The summed E-state index contributed by atoms with van der Waals surface area (Å²) in [5, 5.41) is 13.4. The number of methoxy groups -OCH3 is 2. The zero-order valence-corrected chi connectivity index (χ0v) is 16.9. The quantitative estimate of drug-likeness (QED) is 0.788. The third-order valence-corrected chi connectivity index (χ3v) is 6.47. The molecule has 7 heteroatoms. The fraction of sp³-hybridized carbons (Fsp3) is 0.350. The Morgan fingerprint density at radius 3 is 2.63 bits per heavy atom. The molecular formula is C20H22ClN2O3S+. The molecule has 0 saturated carbocycles. The summed E-state index contributed by atoms with van der Waals surface area (Å²) in [5.74, 6) is 2.51. The Kier molecular flexibility index (Phi) is 4.97. The molecule has 2 heterocycles. The largest absolute Gasteiger partial charge is 0.497 e. The SMILES string of the molecule is COc1ccc(OC)c(N2C[C@](O)(c3ccc(Cl)cc3)[N+]3=C2SCCC3)c1. The van der Waals surface area contributed by atoms with Gasteiger partial charge in [-0.1, -0.05) is 23.7 Å². The number of rotatable bonds is 4. The van der Waals surface area contributed by atoms with Gasteiger partial charge in [-0.3, -0.25) is 0 Å². The van der Waals surface area contributed by atoms with Gasteiger partial charge in [0.25, 0.3) is 5.72 Å². The number of amidine groups is 1. The van der Waals surface area contributed by atoms with Crippen molar-refractivity contribution in [2.45, 2.75) is 12.1 Å². The van der Waals surface area contributed by atoms with Crippen molar-refractivity contribution in [1.29, 1.82) is 0 Å². The van der Waals surface area contributed by atoms with Crippen molar-refractivity contribution in [2.75, 3.05) is 38.0 Å². The molecular weight excluding hydrogens is 384 g/mol. The molecule has 0 amide bonds. The van der Waals surface area contributed by atoms with E-state index >= 15 is 0 Å². The van der Waals surface area contributed by atoms with E-state index in [0.29, 0.717) is 11.6 Å². The van der Waals surface area contributed by atoms with Crippen LogP contribution in [0, 0.1) is 0 Å². The van der Waals surface area contributed by atoms with Crippen LogP contribution in [0.4, 0.5) is 5.69 Å². The topological polar surface area (TPSA) is 44.9 Å². The molecule has 0 bridgehead atoms. The van der Waals surface area contributed by atoms with Gasteiger partial charge in [0.15, 0.2) is 18.0 Å². The highest BCUT2D eigenvalue weighted by molar-refractivity contribution is 8.13. The molecule has 2 aliphatic rings. The Labute approximate surface area is 168 Å². The number of hydrogen-bond acceptors (Lipinski definition) is 5. The van der Waals surface area contributed by atoms with E-state index in [1.165, 1.54) is 0 Å². The Morgan fingerprint density at radius 2 is 1.93 bits per heavy atom. The van der Waals surface area contributed by atoms with Crippen molar-refractivity contribution in [1.82, 2.24) is 0 Å². The molecule has 142 valence electrons. The number of thioether (sulfide) groups is 1. The summed E-state index contributed by atoms with van der Waals surface area (Å²) in [5.41, 5.74) is 0.592. The van der Waals surface area contributed by atoms with Crippen LogP contribution in [0.5, 0.6) is 11.5 Å². The predicted molar refractivity (Wildman–Crippen MR) is 109 cm³/mol. The molecule has 0 radical (unpaired) electrons. The first-order valence-corrected chi connectivity index (χ1v) is 10.2. The van der Waals surface area contributed by atoms with E-state index in [0.717, 1.165) is 46.6 Å². The first kappa shape index (κ1) is 18.5. The van der Waals surface area contributed by atoms with E-state index in [9.17, 15) is 5.11 Å². The minimum atomic E-state index is -1.12. The number of aliphatic hydroxyl groups is 1. The van der Waals surface area contributed by atoms with Crippen molar-refractivity contribution >= 4 is 34.2 Å². The Balaban J connectivity index is 1.82. The van der Waals surface area contributed by atoms with E-state index in [4.69, 9.17) is 21.1 Å². The van der Waals surface area contributed by atoms with Crippen molar-refractivity contribution in [2.24, 2.45) is 0 Å². The lowest BCUT2D eigenvalue weighted by molar-refractivity contribution is -0.656. The number of nitrogens with zero attached hydrogens (tertiary/aromatic N) is 2. The van der Waals surface area contributed by atoms with E-state index < -0.39 is 5.72 Å². The third kappa shape index (κ3) is 3.16. The predicted octanol–water partition coefficient (Wildman–Crippen LogP) is 3.53. The summed E-state index contributed by atoms with van der Waals surface area (Å²) in [6, 6.07) is 13.1. The van der Waals surface area contributed by atoms with Gasteiger partial charge in [0.2, 0.25) is 0 Å². The lowest BCUT2D eigenvalue weighted by atomic mass is 10.0. The number of hydrogen-bond donors (Lipinski definition) is 1. The Hall–Kier alpha value is -1.89. The maximum Gasteiger partial charge on any atom is 0.316 e. The maximum atomic E-state index is 11.7. The van der Waals surface area contributed by atoms with Gasteiger partial charge in [-0.05, 0) is 42.4 Å². The summed E-state index contributed by atoms with van der Waals surface area (Å²) < 4.78 is 13.1. The maximum absolute atomic E-state index is 11.7. The normalized spacial score (nSPS) is 22.0. The van der Waals surface area contributed by atoms with E-state index in [-0.39, 0.29) is 0 Å². The molecule has 0 unspecified atom stereocenters. The van der Waals surface area contributed by atoms with Crippen LogP contribution in [-0.4, -0.2) is 47.9 Å². The summed E-state index contributed by atoms with van der Waals surface area (Å²) in [4.78, 5) is 2.12. The van der Waals surface area contributed by atoms with Crippen LogP contribution in [0.15, 0.2) is 42.5 Å². The molecule has 2 aliphatic heterocycles. The highest BCUT2D eigenvalue weighted by Crippen LogP contribution is 2.42. The van der Waals surface area contributed by atoms with Crippen LogP contribution in [0.1, 0.15) is 12.0 Å². The molecule has 0 spiro atoms. The van der Waals surface area contributed by atoms with Crippen molar-refractivity contribution in [3.63, 3.8) is 0 Å². The standard InChI is InChI=1S/C20H22ClN2O3S/c1-25-16-8-9-18(26-2)17(12-16)22-13-20(24,14-4-6-15(21)7-5-14)23-10-3-11-27-19(22)23/h4-9,12,24H,3,10-11,13H2,1-2H3/q+1/t20-/m0/s1. The van der Waals surface area contributed by atoms with Gasteiger partial charge in [0, 0.05) is 22.4 Å². The minimum Gasteiger partial charge on any atom is -0.497 e. The molecule has 5 nitrogen and oxygen atoms in total. The molecule has 1 N–H and O–H groups in total. The monoisotopic (exact) mass is 405 g/mol. The molecule has 4 rings (SSSR count). The summed E-state index contributed by atoms with van der Waals surface area (Å²) in [7, 11) is 3.30. The van der Waals surface area contributed by atoms with E-state index in [1.807, 2.05) is 42.5 Å². The molecule has 27 heavy (non-hydrogen) atoms. The Bertz CT molecular complexity index is 887. The smallest absolute Gasteiger partial charge is 0.316 e. The average Bonchev–Trinajstić information content (AvgIpc) is 3.02. The van der Waals surface area contributed by atoms with Crippen LogP contribution >= 0.6 is 23.4 Å². The number of anilines is 1. The van der Waals surface area contributed by atoms with E-state index in [1.54, 1.807) is 26.0 Å². The van der Waals surface area contributed by atoms with Crippen molar-refractivity contribution in [3.05, 3.63) is 53.1 Å². The van der Waals surface area contributed by atoms with Gasteiger partial charge in [0.1, 0.15) is 5.75 Å². The van der Waals surface area contributed by atoms with Crippen molar-refractivity contribution < 1.29 is 19.2 Å². The number of β-amino-alcohol motifs (C(OH)–C–C–N with tert-alkyl or cyclic N) is 1. The summed E-state index contributed by atoms with van der Waals surface area (Å²) in [6.45, 7) is 1.20. The van der Waals surface area contributed by atoms with Gasteiger partial charge in [-0.15, -0.1) is 0 Å². The Morgan fingerprint density at radius 1 is 1.15 bits per heavy atom. The fourth-order valence-corrected chi connectivity index (χ4v) is 4.96. The molecule has 2 aromatic rings. The van der Waals surface area contributed by atoms with Gasteiger partial charge in [-0.2, -0.15) is 0 Å². The van der Waals surface area contributed by atoms with E-state index in [2.05, 4.69) is 9.48 Å². The zero-order valence-electron chi connectivity index (χ0n) is 15.3. The van der Waals surface area contributed by atoms with Crippen LogP contribution in [0.3, 0.4) is 0 Å². The van der Waals surface area contributed by atoms with Crippen LogP contribution in [-0.2, 0) is 5.72 Å². The van der Waals surface area contributed by atoms with Gasteiger partial charge in [-0.25, -0.2) is 9.48 Å². The molecule has 0 aromatic heterocycles. The zero-order chi connectivity index (χ0) is 19.0.